The van der Waals surface area contributed by atoms with Crippen molar-refractivity contribution < 1.29 is 9.53 Å². The zero-order valence-electron chi connectivity index (χ0n) is 16.4. The smallest absolute Gasteiger partial charge is 0.267 e. The van der Waals surface area contributed by atoms with E-state index in [1.54, 1.807) is 12.1 Å². The van der Waals surface area contributed by atoms with E-state index in [1.807, 2.05) is 60.7 Å². The van der Waals surface area contributed by atoms with Crippen LogP contribution >= 0.6 is 11.6 Å². The van der Waals surface area contributed by atoms with Gasteiger partial charge in [-0.1, -0.05) is 60.1 Å². The standard InChI is InChI=1S/C24H23ClN2O3/c25-21-14-15-22(27-24(21)29)20(8-4-5-9-23(26)28)18-10-12-19(13-11-18)30-16-17-6-2-1-3-7-17/h1-3,6-8,10-15H,4-5,9,16H2,(H2,26,28)(H,27,29)/b20-8+. The fourth-order valence-corrected chi connectivity index (χ4v) is 3.10. The lowest BCUT2D eigenvalue weighted by Crippen LogP contribution is -2.10. The molecule has 0 radical (unpaired) electrons. The summed E-state index contributed by atoms with van der Waals surface area (Å²) < 4.78 is 5.85. The van der Waals surface area contributed by atoms with Crippen molar-refractivity contribution in [2.45, 2.75) is 25.9 Å². The predicted octanol–water partition coefficient (Wildman–Crippen LogP) is 4.69. The van der Waals surface area contributed by atoms with Crippen LogP contribution in [0.15, 0.2) is 77.6 Å². The zero-order chi connectivity index (χ0) is 21.3. The molecule has 0 unspecified atom stereocenters. The number of carbonyl (C=O) groups excluding carboxylic acids is 1. The number of nitrogens with two attached hydrogens (primary N) is 1. The number of allylic oxidation sites excluding steroid dienone is 1. The minimum absolute atomic E-state index is 0.136. The van der Waals surface area contributed by atoms with Crippen molar-refractivity contribution in [3.8, 4) is 5.75 Å². The number of ether oxygens (including phenoxy) is 1. The Labute approximate surface area is 180 Å². The van der Waals surface area contributed by atoms with Crippen molar-refractivity contribution in [1.29, 1.82) is 0 Å². The Morgan fingerprint density at radius 2 is 1.77 bits per heavy atom. The summed E-state index contributed by atoms with van der Waals surface area (Å²) in [6.45, 7) is 0.487. The Bertz CT molecular complexity index is 1070. The fraction of sp³-hybridized carbons (Fsp3) is 0.167. The maximum Gasteiger partial charge on any atom is 0.267 e. The number of primary amides is 1. The third-order valence-electron chi connectivity index (χ3n) is 4.54. The number of amides is 1. The first-order chi connectivity index (χ1) is 14.5. The van der Waals surface area contributed by atoms with Crippen molar-refractivity contribution in [2.75, 3.05) is 0 Å². The quantitative estimate of drug-likeness (QED) is 0.490. The van der Waals surface area contributed by atoms with Crippen LogP contribution in [0.4, 0.5) is 0 Å². The molecule has 0 saturated heterocycles. The first kappa shape index (κ1) is 21.4. The third-order valence-corrected chi connectivity index (χ3v) is 4.84. The van der Waals surface area contributed by atoms with Gasteiger partial charge in [-0.05, 0) is 48.2 Å². The largest absolute Gasteiger partial charge is 0.489 e. The highest BCUT2D eigenvalue weighted by molar-refractivity contribution is 6.30. The SMILES string of the molecule is NC(=O)CCC/C=C(\c1ccc(OCc2ccccc2)cc1)c1ccc(Cl)c(=O)[nH]1. The Balaban J connectivity index is 1.79. The van der Waals surface area contributed by atoms with E-state index >= 15 is 0 Å². The highest BCUT2D eigenvalue weighted by Crippen LogP contribution is 2.25. The molecule has 0 bridgehead atoms. The molecule has 0 aliphatic rings. The van der Waals surface area contributed by atoms with Crippen molar-refractivity contribution in [3.63, 3.8) is 0 Å². The van der Waals surface area contributed by atoms with E-state index in [-0.39, 0.29) is 16.5 Å². The van der Waals surface area contributed by atoms with Crippen LogP contribution in [0.5, 0.6) is 5.75 Å². The summed E-state index contributed by atoms with van der Waals surface area (Å²) >= 11 is 5.87. The summed E-state index contributed by atoms with van der Waals surface area (Å²) in [5, 5.41) is 0.136. The highest BCUT2D eigenvalue weighted by Gasteiger charge is 2.08. The summed E-state index contributed by atoms with van der Waals surface area (Å²) in [5.74, 6) is 0.421. The lowest BCUT2D eigenvalue weighted by molar-refractivity contribution is -0.118. The van der Waals surface area contributed by atoms with Gasteiger partial charge in [0.1, 0.15) is 17.4 Å². The molecule has 0 saturated carbocycles. The fourth-order valence-electron chi connectivity index (χ4n) is 2.99. The summed E-state index contributed by atoms with van der Waals surface area (Å²) in [4.78, 5) is 25.8. The molecule has 30 heavy (non-hydrogen) atoms. The van der Waals surface area contributed by atoms with Crippen LogP contribution in [0, 0.1) is 0 Å². The van der Waals surface area contributed by atoms with Crippen LogP contribution < -0.4 is 16.0 Å². The van der Waals surface area contributed by atoms with Crippen LogP contribution in [0.2, 0.25) is 5.02 Å². The molecule has 1 heterocycles. The van der Waals surface area contributed by atoms with Gasteiger partial charge < -0.3 is 15.5 Å². The second-order valence-electron chi connectivity index (χ2n) is 6.82. The number of aromatic nitrogens is 1. The van der Waals surface area contributed by atoms with E-state index in [4.69, 9.17) is 22.1 Å². The number of hydrogen-bond acceptors (Lipinski definition) is 3. The van der Waals surface area contributed by atoms with Gasteiger partial charge in [-0.15, -0.1) is 0 Å². The van der Waals surface area contributed by atoms with Crippen molar-refractivity contribution in [1.82, 2.24) is 4.98 Å². The Morgan fingerprint density at radius 3 is 2.43 bits per heavy atom. The Morgan fingerprint density at radius 1 is 1.03 bits per heavy atom. The summed E-state index contributed by atoms with van der Waals surface area (Å²) in [6, 6.07) is 20.9. The average Bonchev–Trinajstić information content (AvgIpc) is 2.75. The summed E-state index contributed by atoms with van der Waals surface area (Å²) in [6.07, 6.45) is 3.58. The molecule has 5 nitrogen and oxygen atoms in total. The number of unbranched alkanes of at least 4 members (excludes halogenated alkanes) is 1. The molecule has 3 rings (SSSR count). The van der Waals surface area contributed by atoms with E-state index < -0.39 is 0 Å². The first-order valence-corrected chi connectivity index (χ1v) is 10.1. The summed E-state index contributed by atoms with van der Waals surface area (Å²) in [7, 11) is 0. The Hall–Kier alpha value is -3.31. The number of nitrogens with one attached hydrogen (secondary N) is 1. The zero-order valence-corrected chi connectivity index (χ0v) is 17.2. The van der Waals surface area contributed by atoms with Gasteiger partial charge in [-0.2, -0.15) is 0 Å². The molecule has 0 spiro atoms. The van der Waals surface area contributed by atoms with Gasteiger partial charge in [0.15, 0.2) is 0 Å². The van der Waals surface area contributed by atoms with Crippen LogP contribution in [0.1, 0.15) is 36.1 Å². The minimum atomic E-state index is -0.347. The molecule has 1 aromatic heterocycles. The lowest BCUT2D eigenvalue weighted by Gasteiger charge is -2.11. The van der Waals surface area contributed by atoms with Gasteiger partial charge in [0.25, 0.3) is 5.56 Å². The van der Waals surface area contributed by atoms with Crippen molar-refractivity contribution >= 4 is 23.1 Å². The molecule has 0 aliphatic heterocycles. The normalized spacial score (nSPS) is 11.3. The number of rotatable bonds is 9. The maximum atomic E-state index is 12.0. The molecule has 6 heteroatoms. The van der Waals surface area contributed by atoms with Gasteiger partial charge in [0.05, 0.1) is 0 Å². The molecule has 3 N–H and O–H groups in total. The molecule has 0 fully saturated rings. The number of carbonyl (C=O) groups is 1. The van der Waals surface area contributed by atoms with Gasteiger partial charge in [-0.25, -0.2) is 0 Å². The van der Waals surface area contributed by atoms with Crippen LogP contribution in [0.25, 0.3) is 5.57 Å². The number of hydrogen-bond donors (Lipinski definition) is 2. The van der Waals surface area contributed by atoms with E-state index in [1.165, 1.54) is 0 Å². The van der Waals surface area contributed by atoms with Crippen LogP contribution in [-0.2, 0) is 11.4 Å². The number of H-pyrrole nitrogens is 1. The van der Waals surface area contributed by atoms with Crippen LogP contribution in [0.3, 0.4) is 0 Å². The monoisotopic (exact) mass is 422 g/mol. The minimum Gasteiger partial charge on any atom is -0.489 e. The topological polar surface area (TPSA) is 85.2 Å². The second kappa shape index (κ2) is 10.5. The van der Waals surface area contributed by atoms with E-state index in [0.29, 0.717) is 31.6 Å². The third kappa shape index (κ3) is 6.09. The molecular formula is C24H23ClN2O3. The average molecular weight is 423 g/mol. The van der Waals surface area contributed by atoms with Gasteiger partial charge in [0, 0.05) is 17.7 Å². The van der Waals surface area contributed by atoms with Gasteiger partial charge in [0.2, 0.25) is 5.91 Å². The van der Waals surface area contributed by atoms with Crippen molar-refractivity contribution in [2.24, 2.45) is 5.73 Å². The van der Waals surface area contributed by atoms with Crippen LogP contribution in [-0.4, -0.2) is 10.9 Å². The number of aromatic amines is 1. The highest BCUT2D eigenvalue weighted by atomic mass is 35.5. The number of halogens is 1. The summed E-state index contributed by atoms with van der Waals surface area (Å²) in [5.41, 5.74) is 8.39. The van der Waals surface area contributed by atoms with Gasteiger partial charge in [-0.3, -0.25) is 9.59 Å². The maximum absolute atomic E-state index is 12.0. The van der Waals surface area contributed by atoms with Gasteiger partial charge >= 0.3 is 0 Å². The second-order valence-corrected chi connectivity index (χ2v) is 7.23. The molecule has 2 aromatic carbocycles. The predicted molar refractivity (Wildman–Crippen MR) is 119 cm³/mol. The molecular weight excluding hydrogens is 400 g/mol. The van der Waals surface area contributed by atoms with E-state index in [0.717, 1.165) is 22.4 Å². The Kier molecular flexibility index (Phi) is 7.46. The van der Waals surface area contributed by atoms with E-state index in [2.05, 4.69) is 4.98 Å². The molecule has 3 aromatic rings. The molecule has 1 amide bonds. The first-order valence-electron chi connectivity index (χ1n) is 9.68. The number of benzene rings is 2. The molecule has 0 atom stereocenters. The van der Waals surface area contributed by atoms with E-state index in [9.17, 15) is 9.59 Å². The molecule has 154 valence electrons. The number of pyridine rings is 1. The molecule has 0 aliphatic carbocycles. The lowest BCUT2D eigenvalue weighted by atomic mass is 10.00. The van der Waals surface area contributed by atoms with Crippen molar-refractivity contribution in [3.05, 3.63) is 105 Å².